The second kappa shape index (κ2) is 8.73. The van der Waals surface area contributed by atoms with Crippen molar-refractivity contribution in [2.45, 2.75) is 33.2 Å². The summed E-state index contributed by atoms with van der Waals surface area (Å²) in [6.45, 7) is 5.41. The highest BCUT2D eigenvalue weighted by Gasteiger charge is 2.27. The molecule has 29 heavy (non-hydrogen) atoms. The molecule has 0 fully saturated rings. The molecule has 6 heteroatoms. The molecule has 3 aromatic rings. The Bertz CT molecular complexity index is 997. The van der Waals surface area contributed by atoms with Gasteiger partial charge in [0.2, 0.25) is 5.91 Å². The van der Waals surface area contributed by atoms with Crippen LogP contribution in [0.1, 0.15) is 35.5 Å². The Labute approximate surface area is 170 Å². The molecular formula is C23H25N3O3. The SMILES string of the molecule is Cc1nn(-c2ccccc2)c(C)c1CC(=O)NC(c1ccccc1)C(C)C(=O)O. The van der Waals surface area contributed by atoms with E-state index in [-0.39, 0.29) is 12.3 Å². The van der Waals surface area contributed by atoms with E-state index < -0.39 is 17.9 Å². The zero-order valence-electron chi connectivity index (χ0n) is 16.8. The Morgan fingerprint density at radius 2 is 1.62 bits per heavy atom. The van der Waals surface area contributed by atoms with Crippen molar-refractivity contribution in [2.75, 3.05) is 0 Å². The van der Waals surface area contributed by atoms with E-state index in [9.17, 15) is 14.7 Å². The van der Waals surface area contributed by atoms with Gasteiger partial charge in [-0.15, -0.1) is 0 Å². The van der Waals surface area contributed by atoms with Gasteiger partial charge in [-0.1, -0.05) is 48.5 Å². The molecular weight excluding hydrogens is 366 g/mol. The standard InChI is InChI=1S/C23H25N3O3/c1-15(23(28)29)22(18-10-6-4-7-11-18)24-21(27)14-20-16(2)25-26(17(20)3)19-12-8-5-9-13-19/h4-13,15,22H,14H2,1-3H3,(H,24,27)(H,28,29). The van der Waals surface area contributed by atoms with Crippen molar-refractivity contribution in [3.63, 3.8) is 0 Å². The van der Waals surface area contributed by atoms with Crippen molar-refractivity contribution in [3.8, 4) is 5.69 Å². The summed E-state index contributed by atoms with van der Waals surface area (Å²) in [6.07, 6.45) is 0.139. The van der Waals surface area contributed by atoms with E-state index in [4.69, 9.17) is 0 Å². The molecule has 0 aliphatic heterocycles. The molecule has 1 heterocycles. The number of aliphatic carboxylic acids is 1. The number of carboxylic acids is 1. The van der Waals surface area contributed by atoms with Crippen molar-refractivity contribution < 1.29 is 14.7 Å². The third-order valence-electron chi connectivity index (χ3n) is 5.14. The Hall–Kier alpha value is -3.41. The number of carboxylic acid groups (broad SMARTS) is 1. The van der Waals surface area contributed by atoms with Gasteiger partial charge < -0.3 is 10.4 Å². The van der Waals surface area contributed by atoms with Gasteiger partial charge in [-0.2, -0.15) is 5.10 Å². The average Bonchev–Trinajstić information content (AvgIpc) is 3.01. The second-order valence-electron chi connectivity index (χ2n) is 7.16. The van der Waals surface area contributed by atoms with Gasteiger partial charge in [0.1, 0.15) is 0 Å². The Kier molecular flexibility index (Phi) is 6.12. The molecule has 2 unspecified atom stereocenters. The van der Waals surface area contributed by atoms with Gasteiger partial charge in [0.25, 0.3) is 0 Å². The summed E-state index contributed by atoms with van der Waals surface area (Å²) in [6, 6.07) is 18.3. The van der Waals surface area contributed by atoms with Gasteiger partial charge in [-0.05, 0) is 38.5 Å². The molecule has 0 bridgehead atoms. The summed E-state index contributed by atoms with van der Waals surface area (Å²) in [5, 5.41) is 17.0. The lowest BCUT2D eigenvalue weighted by atomic mass is 9.94. The lowest BCUT2D eigenvalue weighted by Crippen LogP contribution is -2.36. The highest BCUT2D eigenvalue weighted by molar-refractivity contribution is 5.81. The van der Waals surface area contributed by atoms with Crippen molar-refractivity contribution in [3.05, 3.63) is 83.2 Å². The number of hydrogen-bond donors (Lipinski definition) is 2. The topological polar surface area (TPSA) is 84.2 Å². The number of aromatic nitrogens is 2. The maximum absolute atomic E-state index is 12.8. The number of para-hydroxylation sites is 1. The third kappa shape index (κ3) is 4.54. The maximum atomic E-state index is 12.8. The second-order valence-corrected chi connectivity index (χ2v) is 7.16. The number of hydrogen-bond acceptors (Lipinski definition) is 3. The zero-order chi connectivity index (χ0) is 21.0. The normalized spacial score (nSPS) is 12.9. The number of rotatable bonds is 7. The van der Waals surface area contributed by atoms with E-state index >= 15 is 0 Å². The van der Waals surface area contributed by atoms with Crippen molar-refractivity contribution in [2.24, 2.45) is 5.92 Å². The van der Waals surface area contributed by atoms with E-state index in [1.165, 1.54) is 0 Å². The Morgan fingerprint density at radius 1 is 1.03 bits per heavy atom. The van der Waals surface area contributed by atoms with E-state index in [0.717, 1.165) is 28.2 Å². The number of nitrogens with one attached hydrogen (secondary N) is 1. The van der Waals surface area contributed by atoms with Crippen molar-refractivity contribution in [1.82, 2.24) is 15.1 Å². The van der Waals surface area contributed by atoms with Gasteiger partial charge in [-0.25, -0.2) is 4.68 Å². The van der Waals surface area contributed by atoms with Crippen LogP contribution in [0.25, 0.3) is 5.69 Å². The van der Waals surface area contributed by atoms with Crippen LogP contribution in [0.4, 0.5) is 0 Å². The first-order chi connectivity index (χ1) is 13.9. The monoisotopic (exact) mass is 391 g/mol. The molecule has 0 aliphatic rings. The van der Waals surface area contributed by atoms with Crippen LogP contribution < -0.4 is 5.32 Å². The smallest absolute Gasteiger partial charge is 0.308 e. The van der Waals surface area contributed by atoms with E-state index in [0.29, 0.717) is 0 Å². The summed E-state index contributed by atoms with van der Waals surface area (Å²) in [4.78, 5) is 24.4. The van der Waals surface area contributed by atoms with Gasteiger partial charge in [0.15, 0.2) is 0 Å². The number of amides is 1. The molecule has 2 aromatic carbocycles. The molecule has 2 N–H and O–H groups in total. The molecule has 0 spiro atoms. The summed E-state index contributed by atoms with van der Waals surface area (Å²) >= 11 is 0. The number of carbonyl (C=O) groups is 2. The Balaban J connectivity index is 1.82. The van der Waals surface area contributed by atoms with Crippen LogP contribution in [0, 0.1) is 19.8 Å². The minimum Gasteiger partial charge on any atom is -0.481 e. The molecule has 150 valence electrons. The van der Waals surface area contributed by atoms with Crippen LogP contribution in [0.15, 0.2) is 60.7 Å². The highest BCUT2D eigenvalue weighted by Crippen LogP contribution is 2.23. The van der Waals surface area contributed by atoms with Crippen LogP contribution in [0.5, 0.6) is 0 Å². The molecule has 1 aromatic heterocycles. The molecule has 0 saturated carbocycles. The third-order valence-corrected chi connectivity index (χ3v) is 5.14. The average molecular weight is 391 g/mol. The fraction of sp³-hybridized carbons (Fsp3) is 0.261. The maximum Gasteiger partial charge on any atom is 0.308 e. The molecule has 0 aliphatic carbocycles. The first-order valence-electron chi connectivity index (χ1n) is 9.56. The van der Waals surface area contributed by atoms with Crippen LogP contribution in [-0.2, 0) is 16.0 Å². The van der Waals surface area contributed by atoms with Crippen LogP contribution in [0.2, 0.25) is 0 Å². The number of benzene rings is 2. The van der Waals surface area contributed by atoms with Gasteiger partial charge >= 0.3 is 5.97 Å². The van der Waals surface area contributed by atoms with Crippen LogP contribution in [0.3, 0.4) is 0 Å². The summed E-state index contributed by atoms with van der Waals surface area (Å²) in [5.74, 6) is -1.94. The summed E-state index contributed by atoms with van der Waals surface area (Å²) in [7, 11) is 0. The van der Waals surface area contributed by atoms with Crippen LogP contribution >= 0.6 is 0 Å². The molecule has 6 nitrogen and oxygen atoms in total. The fourth-order valence-electron chi connectivity index (χ4n) is 3.44. The van der Waals surface area contributed by atoms with Gasteiger partial charge in [0, 0.05) is 11.3 Å². The molecule has 0 radical (unpaired) electrons. The number of aryl methyl sites for hydroxylation is 1. The quantitative estimate of drug-likeness (QED) is 0.644. The van der Waals surface area contributed by atoms with Crippen LogP contribution in [-0.4, -0.2) is 26.8 Å². The minimum absolute atomic E-state index is 0.139. The Morgan fingerprint density at radius 3 is 2.21 bits per heavy atom. The molecule has 3 rings (SSSR count). The van der Waals surface area contributed by atoms with E-state index in [1.54, 1.807) is 6.92 Å². The van der Waals surface area contributed by atoms with E-state index in [1.807, 2.05) is 79.2 Å². The first kappa shape index (κ1) is 20.3. The summed E-state index contributed by atoms with van der Waals surface area (Å²) < 4.78 is 1.83. The minimum atomic E-state index is -0.955. The lowest BCUT2D eigenvalue weighted by Gasteiger charge is -2.23. The largest absolute Gasteiger partial charge is 0.481 e. The zero-order valence-corrected chi connectivity index (χ0v) is 16.8. The van der Waals surface area contributed by atoms with Gasteiger partial charge in [0.05, 0.1) is 29.8 Å². The molecule has 1 amide bonds. The predicted molar refractivity (Wildman–Crippen MR) is 111 cm³/mol. The number of nitrogens with zero attached hydrogens (tertiary/aromatic N) is 2. The van der Waals surface area contributed by atoms with Gasteiger partial charge in [-0.3, -0.25) is 9.59 Å². The fourth-order valence-corrected chi connectivity index (χ4v) is 3.44. The molecule has 2 atom stereocenters. The van der Waals surface area contributed by atoms with Crippen molar-refractivity contribution in [1.29, 1.82) is 0 Å². The first-order valence-corrected chi connectivity index (χ1v) is 9.56. The van der Waals surface area contributed by atoms with E-state index in [2.05, 4.69) is 10.4 Å². The highest BCUT2D eigenvalue weighted by atomic mass is 16.4. The molecule has 0 saturated heterocycles. The lowest BCUT2D eigenvalue weighted by molar-refractivity contribution is -0.142. The number of carbonyl (C=O) groups excluding carboxylic acids is 1. The predicted octanol–water partition coefficient (Wildman–Crippen LogP) is 3.61. The summed E-state index contributed by atoms with van der Waals surface area (Å²) in [5.41, 5.74) is 4.22. The van der Waals surface area contributed by atoms with Crippen molar-refractivity contribution >= 4 is 11.9 Å².